The number of carbonyl (C=O) groups is 2. The molecule has 0 fully saturated rings. The third-order valence-electron chi connectivity index (χ3n) is 4.82. The molecular weight excluding hydrogens is 378 g/mol. The maximum absolute atomic E-state index is 13.2. The van der Waals surface area contributed by atoms with Gasteiger partial charge in [0.05, 0.1) is 16.4 Å². The Labute approximate surface area is 163 Å². The van der Waals surface area contributed by atoms with E-state index >= 15 is 0 Å². The van der Waals surface area contributed by atoms with Crippen molar-refractivity contribution in [2.45, 2.75) is 5.92 Å². The SMILES string of the molecule is N#CC1=C(N)OC2=C(C(=O)c3ccccc3C2=O)C1c1ccc(O)c([N+](=O)[O-])c1. The van der Waals surface area contributed by atoms with Crippen LogP contribution in [0.4, 0.5) is 5.69 Å². The van der Waals surface area contributed by atoms with Crippen LogP contribution in [-0.2, 0) is 4.74 Å². The average molecular weight is 389 g/mol. The first-order chi connectivity index (χ1) is 13.8. The minimum absolute atomic E-state index is 0.126. The van der Waals surface area contributed by atoms with Gasteiger partial charge in [-0.15, -0.1) is 0 Å². The molecule has 0 aromatic heterocycles. The lowest BCUT2D eigenvalue weighted by molar-refractivity contribution is -0.385. The molecule has 2 aromatic carbocycles. The number of nitro benzene ring substituents is 1. The molecule has 1 aliphatic carbocycles. The molecule has 9 nitrogen and oxygen atoms in total. The van der Waals surface area contributed by atoms with Crippen LogP contribution in [0.3, 0.4) is 0 Å². The third kappa shape index (κ3) is 2.55. The number of ether oxygens (including phenoxy) is 1. The first kappa shape index (κ1) is 17.9. The van der Waals surface area contributed by atoms with Gasteiger partial charge in [0, 0.05) is 17.2 Å². The van der Waals surface area contributed by atoms with E-state index in [-0.39, 0.29) is 39.5 Å². The van der Waals surface area contributed by atoms with Crippen molar-refractivity contribution >= 4 is 17.3 Å². The number of phenolic OH excluding ortho intramolecular Hbond substituents is 1. The van der Waals surface area contributed by atoms with Crippen molar-refractivity contribution in [3.05, 3.63) is 92.1 Å². The molecule has 0 radical (unpaired) electrons. The number of benzene rings is 2. The van der Waals surface area contributed by atoms with Crippen LogP contribution in [0.5, 0.6) is 5.75 Å². The van der Waals surface area contributed by atoms with Crippen LogP contribution >= 0.6 is 0 Å². The van der Waals surface area contributed by atoms with Crippen molar-refractivity contribution in [2.75, 3.05) is 0 Å². The zero-order valence-electron chi connectivity index (χ0n) is 14.6. The lowest BCUT2D eigenvalue weighted by atomic mass is 9.75. The second-order valence-electron chi connectivity index (χ2n) is 6.38. The van der Waals surface area contributed by atoms with E-state index in [1.807, 2.05) is 6.07 Å². The summed E-state index contributed by atoms with van der Waals surface area (Å²) in [5.41, 5.74) is 5.35. The molecule has 2 aliphatic rings. The number of carbonyl (C=O) groups excluding carboxylic acids is 2. The van der Waals surface area contributed by atoms with Crippen LogP contribution in [0.2, 0.25) is 0 Å². The maximum atomic E-state index is 13.2. The van der Waals surface area contributed by atoms with Gasteiger partial charge in [-0.25, -0.2) is 0 Å². The van der Waals surface area contributed by atoms with Gasteiger partial charge in [-0.2, -0.15) is 5.26 Å². The predicted molar refractivity (Wildman–Crippen MR) is 97.5 cm³/mol. The maximum Gasteiger partial charge on any atom is 0.311 e. The second kappa shape index (κ2) is 6.31. The second-order valence-corrected chi connectivity index (χ2v) is 6.38. The number of fused-ring (bicyclic) bond motifs is 1. The number of hydrogen-bond donors (Lipinski definition) is 2. The highest BCUT2D eigenvalue weighted by molar-refractivity contribution is 6.27. The van der Waals surface area contributed by atoms with Gasteiger partial charge in [0.25, 0.3) is 0 Å². The molecule has 1 unspecified atom stereocenters. The van der Waals surface area contributed by atoms with E-state index < -0.39 is 33.8 Å². The monoisotopic (exact) mass is 389 g/mol. The fraction of sp³-hybridized carbons (Fsp3) is 0.0500. The van der Waals surface area contributed by atoms with Crippen LogP contribution in [-0.4, -0.2) is 21.6 Å². The molecule has 4 rings (SSSR count). The van der Waals surface area contributed by atoms with Crippen molar-refractivity contribution in [1.82, 2.24) is 0 Å². The summed E-state index contributed by atoms with van der Waals surface area (Å²) in [5.74, 6) is -3.54. The number of nitrogens with two attached hydrogens (primary N) is 1. The molecule has 0 saturated heterocycles. The zero-order valence-corrected chi connectivity index (χ0v) is 14.6. The van der Waals surface area contributed by atoms with E-state index in [9.17, 15) is 30.1 Å². The van der Waals surface area contributed by atoms with Crippen LogP contribution < -0.4 is 5.73 Å². The zero-order chi connectivity index (χ0) is 20.9. The van der Waals surface area contributed by atoms with Gasteiger partial charge >= 0.3 is 5.69 Å². The normalized spacial score (nSPS) is 18.0. The number of ketones is 2. The highest BCUT2D eigenvalue weighted by atomic mass is 16.6. The molecule has 0 saturated carbocycles. The predicted octanol–water partition coefficient (Wildman–Crippen LogP) is 2.44. The average Bonchev–Trinajstić information content (AvgIpc) is 2.71. The van der Waals surface area contributed by atoms with Gasteiger partial charge in [-0.3, -0.25) is 19.7 Å². The fourth-order valence-electron chi connectivity index (χ4n) is 3.51. The smallest absolute Gasteiger partial charge is 0.311 e. The number of phenols is 1. The first-order valence-corrected chi connectivity index (χ1v) is 8.32. The summed E-state index contributed by atoms with van der Waals surface area (Å²) in [4.78, 5) is 36.5. The first-order valence-electron chi connectivity index (χ1n) is 8.32. The number of Topliss-reactive ketones (excluding diaryl/α,β-unsaturated/α-hetero) is 2. The highest BCUT2D eigenvalue weighted by Crippen LogP contribution is 2.45. The van der Waals surface area contributed by atoms with Gasteiger partial charge in [0.15, 0.2) is 17.3 Å². The van der Waals surface area contributed by atoms with Crippen LogP contribution in [0.15, 0.2) is 65.3 Å². The number of hydrogen-bond acceptors (Lipinski definition) is 8. The molecular formula is C20H11N3O6. The molecule has 0 spiro atoms. The molecule has 0 amide bonds. The van der Waals surface area contributed by atoms with E-state index in [0.717, 1.165) is 12.1 Å². The summed E-state index contributed by atoms with van der Waals surface area (Å²) in [6.45, 7) is 0. The number of nitrogens with zero attached hydrogens (tertiary/aromatic N) is 2. The highest BCUT2D eigenvalue weighted by Gasteiger charge is 2.44. The Balaban J connectivity index is 1.99. The van der Waals surface area contributed by atoms with Crippen molar-refractivity contribution in [1.29, 1.82) is 5.26 Å². The molecule has 1 heterocycles. The minimum atomic E-state index is -1.16. The number of nitro groups is 1. The van der Waals surface area contributed by atoms with Gasteiger partial charge in [-0.1, -0.05) is 30.3 Å². The van der Waals surface area contributed by atoms with Gasteiger partial charge in [0.2, 0.25) is 11.7 Å². The molecule has 1 atom stereocenters. The summed E-state index contributed by atoms with van der Waals surface area (Å²) >= 11 is 0. The Kier molecular flexibility index (Phi) is 3.91. The number of aromatic hydroxyl groups is 1. The van der Waals surface area contributed by atoms with Crippen LogP contribution in [0, 0.1) is 21.4 Å². The minimum Gasteiger partial charge on any atom is -0.502 e. The van der Waals surface area contributed by atoms with E-state index in [1.165, 1.54) is 18.2 Å². The number of nitriles is 1. The quantitative estimate of drug-likeness (QED) is 0.586. The van der Waals surface area contributed by atoms with Crippen molar-refractivity contribution < 1.29 is 24.4 Å². The Hall–Kier alpha value is -4.45. The van der Waals surface area contributed by atoms with Crippen molar-refractivity contribution in [2.24, 2.45) is 5.73 Å². The topological polar surface area (TPSA) is 157 Å². The largest absolute Gasteiger partial charge is 0.502 e. The molecule has 1 aliphatic heterocycles. The summed E-state index contributed by atoms with van der Waals surface area (Å²) < 4.78 is 5.35. The lowest BCUT2D eigenvalue weighted by Crippen LogP contribution is -2.32. The fourth-order valence-corrected chi connectivity index (χ4v) is 3.51. The molecule has 142 valence electrons. The van der Waals surface area contributed by atoms with Gasteiger partial charge in [-0.05, 0) is 11.6 Å². The summed E-state index contributed by atoms with van der Waals surface area (Å²) in [6.07, 6.45) is 0. The summed E-state index contributed by atoms with van der Waals surface area (Å²) in [6, 6.07) is 11.4. The van der Waals surface area contributed by atoms with Gasteiger partial charge < -0.3 is 15.6 Å². The number of rotatable bonds is 2. The summed E-state index contributed by atoms with van der Waals surface area (Å²) in [5, 5.41) is 30.5. The molecule has 0 bridgehead atoms. The molecule has 2 aromatic rings. The standard InChI is InChI=1S/C20H11N3O6/c21-8-12-15(9-5-6-14(24)13(7-9)23(27)28)16-17(25)10-3-1-2-4-11(10)18(26)19(16)29-20(12)22/h1-7,15,24H,22H2. The molecule has 3 N–H and O–H groups in total. The molecule has 9 heteroatoms. The van der Waals surface area contributed by atoms with E-state index in [2.05, 4.69) is 0 Å². The Morgan fingerprint density at radius 3 is 2.41 bits per heavy atom. The van der Waals surface area contributed by atoms with E-state index in [0.29, 0.717) is 0 Å². The Morgan fingerprint density at radius 2 is 1.79 bits per heavy atom. The van der Waals surface area contributed by atoms with Crippen LogP contribution in [0.25, 0.3) is 0 Å². The molecule has 29 heavy (non-hydrogen) atoms. The van der Waals surface area contributed by atoms with E-state index in [1.54, 1.807) is 12.1 Å². The number of allylic oxidation sites excluding steroid dienone is 3. The summed E-state index contributed by atoms with van der Waals surface area (Å²) in [7, 11) is 0. The Morgan fingerprint density at radius 1 is 1.14 bits per heavy atom. The van der Waals surface area contributed by atoms with Gasteiger partial charge in [0.1, 0.15) is 11.6 Å². The third-order valence-corrected chi connectivity index (χ3v) is 4.82. The van der Waals surface area contributed by atoms with Crippen molar-refractivity contribution in [3.8, 4) is 11.8 Å². The van der Waals surface area contributed by atoms with Crippen molar-refractivity contribution in [3.63, 3.8) is 0 Å². The lowest BCUT2D eigenvalue weighted by Gasteiger charge is -2.30. The van der Waals surface area contributed by atoms with E-state index in [4.69, 9.17) is 10.5 Å². The Bertz CT molecular complexity index is 1240. The van der Waals surface area contributed by atoms with Crippen LogP contribution in [0.1, 0.15) is 32.2 Å².